The van der Waals surface area contributed by atoms with Crippen molar-refractivity contribution in [1.29, 1.82) is 0 Å². The third kappa shape index (κ3) is 1.69. The molecule has 0 amide bonds. The molecule has 7 heteroatoms. The molecule has 0 bridgehead atoms. The van der Waals surface area contributed by atoms with Crippen LogP contribution in [0.4, 0.5) is 0 Å². The Bertz CT molecular complexity index is 705. The molecule has 6 nitrogen and oxygen atoms in total. The van der Waals surface area contributed by atoms with Crippen LogP contribution < -0.4 is 11.4 Å². The number of rotatable bonds is 1. The molecular formula is C11H13ClN4O2. The maximum absolute atomic E-state index is 12.0. The van der Waals surface area contributed by atoms with E-state index < -0.39 is 11.4 Å². The van der Waals surface area contributed by atoms with Gasteiger partial charge in [-0.25, -0.2) is 23.9 Å². The first-order chi connectivity index (χ1) is 8.34. The van der Waals surface area contributed by atoms with Gasteiger partial charge in [-0.2, -0.15) is 4.57 Å². The fraction of sp³-hybridized carbons (Fsp3) is 0.364. The van der Waals surface area contributed by atoms with Crippen molar-refractivity contribution >= 4 is 11.6 Å². The minimum absolute atomic E-state index is 0.322. The van der Waals surface area contributed by atoms with Gasteiger partial charge in [-0.05, 0) is 25.5 Å². The van der Waals surface area contributed by atoms with Gasteiger partial charge in [0, 0.05) is 14.1 Å². The summed E-state index contributed by atoms with van der Waals surface area (Å²) in [6.45, 7) is 3.48. The second-order valence-electron chi connectivity index (χ2n) is 4.14. The largest absolute Gasteiger partial charge is 0.352 e. The lowest BCUT2D eigenvalue weighted by Crippen LogP contribution is -2.28. The predicted octanol–water partition coefficient (Wildman–Crippen LogP) is 0.540. The molecule has 0 unspecified atom stereocenters. The van der Waals surface area contributed by atoms with E-state index in [1.807, 2.05) is 0 Å². The lowest BCUT2D eigenvalue weighted by atomic mass is 10.2. The average molecular weight is 269 g/mol. The zero-order valence-electron chi connectivity index (χ0n) is 10.6. The number of aryl methyl sites for hydroxylation is 2. The van der Waals surface area contributed by atoms with Crippen molar-refractivity contribution in [2.45, 2.75) is 13.8 Å². The Balaban J connectivity index is 2.87. The highest BCUT2D eigenvalue weighted by molar-refractivity contribution is 6.31. The van der Waals surface area contributed by atoms with E-state index in [1.165, 1.54) is 23.5 Å². The SMILES string of the molecule is Cc1cc(Cl)c(C)nc1-n1c(=O)n(C)n(C)c1=O. The summed E-state index contributed by atoms with van der Waals surface area (Å²) in [7, 11) is 3.05. The van der Waals surface area contributed by atoms with Crippen molar-refractivity contribution in [2.24, 2.45) is 14.1 Å². The number of aromatic nitrogens is 4. The van der Waals surface area contributed by atoms with Crippen molar-refractivity contribution in [2.75, 3.05) is 0 Å². The highest BCUT2D eigenvalue weighted by Crippen LogP contribution is 2.18. The number of pyridine rings is 1. The summed E-state index contributed by atoms with van der Waals surface area (Å²) in [5.74, 6) is 0.322. The molecule has 0 radical (unpaired) electrons. The van der Waals surface area contributed by atoms with Crippen LogP contribution in [0, 0.1) is 13.8 Å². The molecule has 0 aliphatic carbocycles. The molecule has 96 valence electrons. The maximum atomic E-state index is 12.0. The minimum Gasteiger partial charge on any atom is -0.245 e. The van der Waals surface area contributed by atoms with Crippen molar-refractivity contribution in [3.05, 3.63) is 43.3 Å². The average Bonchev–Trinajstić information content (AvgIpc) is 2.50. The highest BCUT2D eigenvalue weighted by atomic mass is 35.5. The Morgan fingerprint density at radius 3 is 2.11 bits per heavy atom. The molecule has 0 aliphatic heterocycles. The lowest BCUT2D eigenvalue weighted by Gasteiger charge is -2.06. The van der Waals surface area contributed by atoms with Crippen LogP contribution in [0.1, 0.15) is 11.3 Å². The molecule has 2 aromatic rings. The van der Waals surface area contributed by atoms with Gasteiger partial charge in [0.1, 0.15) is 5.82 Å². The number of hydrogen-bond donors (Lipinski definition) is 0. The minimum atomic E-state index is -0.431. The summed E-state index contributed by atoms with van der Waals surface area (Å²) in [6, 6.07) is 1.69. The molecule has 0 saturated carbocycles. The third-order valence-electron chi connectivity index (χ3n) is 2.91. The van der Waals surface area contributed by atoms with Gasteiger partial charge in [0.15, 0.2) is 0 Å². The van der Waals surface area contributed by atoms with Crippen LogP contribution in [-0.2, 0) is 14.1 Å². The van der Waals surface area contributed by atoms with Crippen molar-refractivity contribution in [3.63, 3.8) is 0 Å². The molecular weight excluding hydrogens is 256 g/mol. The number of halogens is 1. The molecule has 0 fully saturated rings. The van der Waals surface area contributed by atoms with Gasteiger partial charge in [-0.3, -0.25) is 0 Å². The molecule has 0 aromatic carbocycles. The standard InChI is InChI=1S/C11H13ClN4O2/c1-6-5-8(12)7(2)13-9(6)16-10(17)14(3)15(4)11(16)18/h5H,1-4H3. The summed E-state index contributed by atoms with van der Waals surface area (Å²) in [5, 5.41) is 0.511. The van der Waals surface area contributed by atoms with Gasteiger partial charge in [0.05, 0.1) is 10.7 Å². The van der Waals surface area contributed by atoms with Crippen LogP contribution in [0.15, 0.2) is 15.7 Å². The molecule has 2 aromatic heterocycles. The van der Waals surface area contributed by atoms with Crippen LogP contribution in [0.2, 0.25) is 5.02 Å². The molecule has 0 spiro atoms. The molecule has 18 heavy (non-hydrogen) atoms. The monoisotopic (exact) mass is 268 g/mol. The summed E-state index contributed by atoms with van der Waals surface area (Å²) in [4.78, 5) is 28.2. The Hall–Kier alpha value is -1.82. The van der Waals surface area contributed by atoms with Crippen LogP contribution in [-0.4, -0.2) is 18.9 Å². The predicted molar refractivity (Wildman–Crippen MR) is 68.5 cm³/mol. The van der Waals surface area contributed by atoms with Crippen molar-refractivity contribution < 1.29 is 0 Å². The summed E-state index contributed by atoms with van der Waals surface area (Å²) < 4.78 is 3.50. The van der Waals surface area contributed by atoms with E-state index in [0.717, 1.165) is 4.57 Å². The van der Waals surface area contributed by atoms with E-state index in [9.17, 15) is 9.59 Å². The van der Waals surface area contributed by atoms with Gasteiger partial charge in [-0.15, -0.1) is 0 Å². The molecule has 0 atom stereocenters. The normalized spacial score (nSPS) is 10.9. The van der Waals surface area contributed by atoms with Gasteiger partial charge in [-0.1, -0.05) is 11.6 Å². The van der Waals surface area contributed by atoms with Crippen LogP contribution in [0.3, 0.4) is 0 Å². The number of hydrogen-bond acceptors (Lipinski definition) is 3. The summed E-state index contributed by atoms with van der Waals surface area (Å²) >= 11 is 5.95. The topological polar surface area (TPSA) is 61.8 Å². The van der Waals surface area contributed by atoms with E-state index >= 15 is 0 Å². The molecule has 2 rings (SSSR count). The van der Waals surface area contributed by atoms with E-state index in [0.29, 0.717) is 22.1 Å². The molecule has 0 N–H and O–H groups in total. The van der Waals surface area contributed by atoms with E-state index in [2.05, 4.69) is 4.98 Å². The quantitative estimate of drug-likeness (QED) is 0.758. The van der Waals surface area contributed by atoms with Gasteiger partial charge >= 0.3 is 11.4 Å². The first-order valence-electron chi connectivity index (χ1n) is 5.33. The lowest BCUT2D eigenvalue weighted by molar-refractivity contribution is 0.565. The maximum Gasteiger partial charge on any atom is 0.352 e. The van der Waals surface area contributed by atoms with E-state index in [1.54, 1.807) is 19.9 Å². The van der Waals surface area contributed by atoms with Crippen molar-refractivity contribution in [3.8, 4) is 5.82 Å². The van der Waals surface area contributed by atoms with Gasteiger partial charge in [0.2, 0.25) is 0 Å². The molecule has 2 heterocycles. The summed E-state index contributed by atoms with van der Waals surface area (Å²) in [5.41, 5.74) is 0.394. The van der Waals surface area contributed by atoms with Gasteiger partial charge < -0.3 is 0 Å². The van der Waals surface area contributed by atoms with Gasteiger partial charge in [0.25, 0.3) is 0 Å². The summed E-state index contributed by atoms with van der Waals surface area (Å²) in [6.07, 6.45) is 0. The Morgan fingerprint density at radius 2 is 1.61 bits per heavy atom. The van der Waals surface area contributed by atoms with Crippen molar-refractivity contribution in [1.82, 2.24) is 18.9 Å². The highest BCUT2D eigenvalue weighted by Gasteiger charge is 2.16. The first-order valence-corrected chi connectivity index (χ1v) is 5.71. The second kappa shape index (κ2) is 4.13. The fourth-order valence-corrected chi connectivity index (χ4v) is 1.90. The zero-order chi connectivity index (χ0) is 13.6. The molecule has 0 aliphatic rings. The zero-order valence-corrected chi connectivity index (χ0v) is 11.3. The van der Waals surface area contributed by atoms with Crippen LogP contribution >= 0.6 is 11.6 Å². The van der Waals surface area contributed by atoms with Crippen LogP contribution in [0.5, 0.6) is 0 Å². The van der Waals surface area contributed by atoms with E-state index in [-0.39, 0.29) is 0 Å². The smallest absolute Gasteiger partial charge is 0.245 e. The number of nitrogens with zero attached hydrogens (tertiary/aromatic N) is 4. The Morgan fingerprint density at radius 1 is 1.11 bits per heavy atom. The fourth-order valence-electron chi connectivity index (χ4n) is 1.69. The first kappa shape index (κ1) is 12.6. The van der Waals surface area contributed by atoms with Crippen LogP contribution in [0.25, 0.3) is 5.82 Å². The second-order valence-corrected chi connectivity index (χ2v) is 4.55. The third-order valence-corrected chi connectivity index (χ3v) is 3.30. The molecule has 0 saturated heterocycles. The Labute approximate surface area is 108 Å². The Kier molecular flexibility index (Phi) is 2.90. The van der Waals surface area contributed by atoms with E-state index in [4.69, 9.17) is 11.6 Å².